The zero-order chi connectivity index (χ0) is 14.0. The van der Waals surface area contributed by atoms with E-state index in [9.17, 15) is 13.9 Å². The molecule has 0 saturated carbocycles. The molecule has 0 radical (unpaired) electrons. The van der Waals surface area contributed by atoms with E-state index in [0.717, 1.165) is 6.07 Å². The third kappa shape index (κ3) is 2.77. The van der Waals surface area contributed by atoms with Gasteiger partial charge in [0.1, 0.15) is 11.9 Å². The monoisotopic (exact) mass is 328 g/mol. The van der Waals surface area contributed by atoms with E-state index < -0.39 is 17.7 Å². The second kappa shape index (κ2) is 5.67. The predicted octanol–water partition coefficient (Wildman–Crippen LogP) is 3.82. The number of rotatable bonds is 3. The van der Waals surface area contributed by atoms with Crippen LogP contribution in [0.15, 0.2) is 40.9 Å². The average molecular weight is 329 g/mol. The lowest BCUT2D eigenvalue weighted by atomic mass is 10.0. The summed E-state index contributed by atoms with van der Waals surface area (Å²) >= 11 is 3.27. The largest absolute Gasteiger partial charge is 0.497 e. The summed E-state index contributed by atoms with van der Waals surface area (Å²) in [6.07, 6.45) is -1.28. The number of halogens is 3. The van der Waals surface area contributed by atoms with Crippen molar-refractivity contribution in [2.24, 2.45) is 0 Å². The first-order valence-electron chi connectivity index (χ1n) is 5.50. The van der Waals surface area contributed by atoms with Crippen LogP contribution < -0.4 is 4.74 Å². The average Bonchev–Trinajstić information content (AvgIpc) is 2.42. The molecular weight excluding hydrogens is 318 g/mol. The van der Waals surface area contributed by atoms with Crippen LogP contribution in [0, 0.1) is 11.6 Å². The van der Waals surface area contributed by atoms with Crippen LogP contribution in [-0.2, 0) is 0 Å². The highest BCUT2D eigenvalue weighted by Crippen LogP contribution is 2.33. The van der Waals surface area contributed by atoms with Crippen molar-refractivity contribution in [1.82, 2.24) is 0 Å². The van der Waals surface area contributed by atoms with Crippen LogP contribution in [0.4, 0.5) is 8.78 Å². The maximum absolute atomic E-state index is 13.7. The van der Waals surface area contributed by atoms with Gasteiger partial charge in [-0.25, -0.2) is 8.78 Å². The van der Waals surface area contributed by atoms with E-state index in [4.69, 9.17) is 4.74 Å². The van der Waals surface area contributed by atoms with E-state index in [-0.39, 0.29) is 5.56 Å². The van der Waals surface area contributed by atoms with Crippen molar-refractivity contribution >= 4 is 15.9 Å². The molecule has 2 aromatic rings. The number of methoxy groups -OCH3 is 1. The molecule has 0 amide bonds. The lowest BCUT2D eigenvalue weighted by molar-refractivity contribution is 0.212. The minimum absolute atomic E-state index is 0.117. The molecule has 0 spiro atoms. The summed E-state index contributed by atoms with van der Waals surface area (Å²) in [6.45, 7) is 0. The number of aliphatic hydroxyl groups excluding tert-OH is 1. The Morgan fingerprint density at radius 1 is 1.16 bits per heavy atom. The van der Waals surface area contributed by atoms with Crippen LogP contribution in [0.3, 0.4) is 0 Å². The number of hydrogen-bond donors (Lipinski definition) is 1. The van der Waals surface area contributed by atoms with E-state index in [0.29, 0.717) is 15.8 Å². The number of benzene rings is 2. The normalized spacial score (nSPS) is 12.3. The van der Waals surface area contributed by atoms with Crippen LogP contribution >= 0.6 is 15.9 Å². The van der Waals surface area contributed by atoms with Gasteiger partial charge in [0.05, 0.1) is 7.11 Å². The van der Waals surface area contributed by atoms with Crippen LogP contribution in [0.5, 0.6) is 5.75 Å². The molecule has 0 aromatic heterocycles. The third-order valence-corrected chi connectivity index (χ3v) is 3.50. The van der Waals surface area contributed by atoms with Gasteiger partial charge in [-0.1, -0.05) is 28.1 Å². The fourth-order valence-electron chi connectivity index (χ4n) is 1.76. The minimum atomic E-state index is -1.28. The lowest BCUT2D eigenvalue weighted by Crippen LogP contribution is -2.05. The van der Waals surface area contributed by atoms with Crippen LogP contribution in [0.1, 0.15) is 17.2 Å². The molecule has 0 bridgehead atoms. The van der Waals surface area contributed by atoms with Gasteiger partial charge in [0.2, 0.25) is 0 Å². The Bertz CT molecular complexity index is 602. The van der Waals surface area contributed by atoms with Gasteiger partial charge in [0, 0.05) is 15.6 Å². The molecule has 2 aromatic carbocycles. The maximum atomic E-state index is 13.7. The summed E-state index contributed by atoms with van der Waals surface area (Å²) in [5, 5.41) is 10.2. The quantitative estimate of drug-likeness (QED) is 0.928. The van der Waals surface area contributed by atoms with Crippen LogP contribution in [0.2, 0.25) is 0 Å². The molecule has 0 heterocycles. The first-order valence-corrected chi connectivity index (χ1v) is 6.29. The molecule has 0 aliphatic heterocycles. The molecule has 100 valence electrons. The van der Waals surface area contributed by atoms with Crippen molar-refractivity contribution < 1.29 is 18.6 Å². The zero-order valence-electron chi connectivity index (χ0n) is 10.0. The second-order valence-electron chi connectivity index (χ2n) is 3.93. The van der Waals surface area contributed by atoms with Crippen molar-refractivity contribution in [1.29, 1.82) is 0 Å². The lowest BCUT2D eigenvalue weighted by Gasteiger charge is -2.15. The van der Waals surface area contributed by atoms with Crippen LogP contribution in [0.25, 0.3) is 0 Å². The smallest absolute Gasteiger partial charge is 0.164 e. The van der Waals surface area contributed by atoms with Crippen molar-refractivity contribution in [3.8, 4) is 5.75 Å². The topological polar surface area (TPSA) is 29.5 Å². The molecule has 0 aliphatic rings. The fourth-order valence-corrected chi connectivity index (χ4v) is 2.22. The Kier molecular flexibility index (Phi) is 4.17. The SMILES string of the molecule is COc1ccc(Br)c(C(O)c2cccc(F)c2F)c1. The van der Waals surface area contributed by atoms with E-state index in [2.05, 4.69) is 15.9 Å². The summed E-state index contributed by atoms with van der Waals surface area (Å²) in [6, 6.07) is 8.64. The minimum Gasteiger partial charge on any atom is -0.497 e. The van der Waals surface area contributed by atoms with Gasteiger partial charge >= 0.3 is 0 Å². The Labute approximate surface area is 117 Å². The first-order chi connectivity index (χ1) is 9.04. The van der Waals surface area contributed by atoms with Gasteiger partial charge in [0.15, 0.2) is 11.6 Å². The van der Waals surface area contributed by atoms with Crippen molar-refractivity contribution in [3.63, 3.8) is 0 Å². The highest BCUT2D eigenvalue weighted by Gasteiger charge is 2.20. The zero-order valence-corrected chi connectivity index (χ0v) is 11.6. The second-order valence-corrected chi connectivity index (χ2v) is 4.79. The highest BCUT2D eigenvalue weighted by molar-refractivity contribution is 9.10. The van der Waals surface area contributed by atoms with Crippen molar-refractivity contribution in [3.05, 3.63) is 63.6 Å². The molecule has 2 nitrogen and oxygen atoms in total. The van der Waals surface area contributed by atoms with Gasteiger partial charge in [-0.15, -0.1) is 0 Å². The fraction of sp³-hybridized carbons (Fsp3) is 0.143. The van der Waals surface area contributed by atoms with Gasteiger partial charge in [-0.3, -0.25) is 0 Å². The molecule has 1 atom stereocenters. The molecule has 19 heavy (non-hydrogen) atoms. The molecule has 0 aliphatic carbocycles. The third-order valence-electron chi connectivity index (χ3n) is 2.77. The molecule has 1 N–H and O–H groups in total. The molecule has 5 heteroatoms. The van der Waals surface area contributed by atoms with E-state index in [1.54, 1.807) is 18.2 Å². The molecular formula is C14H11BrF2O2. The molecule has 1 unspecified atom stereocenters. The van der Waals surface area contributed by atoms with Gasteiger partial charge in [-0.05, 0) is 24.3 Å². The summed E-state index contributed by atoms with van der Waals surface area (Å²) in [5.41, 5.74) is 0.290. The standard InChI is InChI=1S/C14H11BrF2O2/c1-19-8-5-6-11(15)10(7-8)14(18)9-3-2-4-12(16)13(9)17/h2-7,14,18H,1H3. The Morgan fingerprint density at radius 3 is 2.58 bits per heavy atom. The molecule has 2 rings (SSSR count). The predicted molar refractivity (Wildman–Crippen MR) is 71.1 cm³/mol. The molecule has 0 saturated heterocycles. The Hall–Kier alpha value is -1.46. The van der Waals surface area contributed by atoms with Gasteiger partial charge in [0.25, 0.3) is 0 Å². The first kappa shape index (κ1) is 14.0. The van der Waals surface area contributed by atoms with Gasteiger partial charge < -0.3 is 9.84 Å². The van der Waals surface area contributed by atoms with E-state index in [1.165, 1.54) is 19.2 Å². The Morgan fingerprint density at radius 2 is 1.89 bits per heavy atom. The van der Waals surface area contributed by atoms with Gasteiger partial charge in [-0.2, -0.15) is 0 Å². The number of ether oxygens (including phenoxy) is 1. The highest BCUT2D eigenvalue weighted by atomic mass is 79.9. The summed E-state index contributed by atoms with van der Waals surface area (Å²) < 4.78 is 32.5. The number of aliphatic hydroxyl groups is 1. The van der Waals surface area contributed by atoms with E-state index >= 15 is 0 Å². The van der Waals surface area contributed by atoms with Crippen LogP contribution in [-0.4, -0.2) is 12.2 Å². The summed E-state index contributed by atoms with van der Waals surface area (Å²) in [4.78, 5) is 0. The van der Waals surface area contributed by atoms with Crippen molar-refractivity contribution in [2.75, 3.05) is 7.11 Å². The van der Waals surface area contributed by atoms with E-state index in [1.807, 2.05) is 0 Å². The molecule has 0 fully saturated rings. The van der Waals surface area contributed by atoms with Crippen molar-refractivity contribution in [2.45, 2.75) is 6.10 Å². The summed E-state index contributed by atoms with van der Waals surface area (Å²) in [5.74, 6) is -1.52. The summed E-state index contributed by atoms with van der Waals surface area (Å²) in [7, 11) is 1.49. The number of hydrogen-bond acceptors (Lipinski definition) is 2. The Balaban J connectivity index is 2.49. The maximum Gasteiger partial charge on any atom is 0.164 e.